The fourth-order valence-corrected chi connectivity index (χ4v) is 6.60. The number of fused-ring (bicyclic) bond motifs is 2. The minimum Gasteiger partial charge on any atom is -0.325 e. The number of rotatable bonds is 5. The quantitative estimate of drug-likeness (QED) is 0.307. The maximum absolute atomic E-state index is 13.2. The molecule has 1 unspecified atom stereocenters. The number of amides is 1. The van der Waals surface area contributed by atoms with Gasteiger partial charge in [0.1, 0.15) is 0 Å². The molecule has 1 aliphatic carbocycles. The van der Waals surface area contributed by atoms with Crippen LogP contribution in [0, 0.1) is 0 Å². The fourth-order valence-electron chi connectivity index (χ4n) is 5.71. The summed E-state index contributed by atoms with van der Waals surface area (Å²) in [5.74, 6) is 0.759. The molecule has 3 aliphatic rings. The Morgan fingerprint density at radius 2 is 1.55 bits per heavy atom. The molecule has 1 aromatic heterocycles. The first-order valence-corrected chi connectivity index (χ1v) is 15.0. The standard InChI is InChI=1S/C33H35N5OS/c1-5-22(2)37-28(33(3,4)29-30(37)35-26-19-13-12-18-25(26)34-29)21-20-27-31(39)36-32(40-27)38(23-14-8-6-9-15-23)24-16-10-7-11-17-24/h6-11,14-17,20-22H,5,12-13,18-19H2,1-4H3/b27-20-,28-21+. The van der Waals surface area contributed by atoms with Gasteiger partial charge in [-0.1, -0.05) is 43.3 Å². The van der Waals surface area contributed by atoms with E-state index in [0.717, 1.165) is 59.2 Å². The van der Waals surface area contributed by atoms with E-state index >= 15 is 0 Å². The van der Waals surface area contributed by atoms with Gasteiger partial charge in [0.15, 0.2) is 11.0 Å². The monoisotopic (exact) mass is 549 g/mol. The van der Waals surface area contributed by atoms with Gasteiger partial charge in [0.05, 0.1) is 27.4 Å². The Bertz CT molecular complexity index is 1490. The van der Waals surface area contributed by atoms with Crippen molar-refractivity contribution in [3.63, 3.8) is 0 Å². The molecular weight excluding hydrogens is 514 g/mol. The van der Waals surface area contributed by atoms with Crippen molar-refractivity contribution >= 4 is 40.0 Å². The zero-order valence-corrected chi connectivity index (χ0v) is 24.4. The number of thioether (sulfide) groups is 1. The van der Waals surface area contributed by atoms with E-state index in [4.69, 9.17) is 9.97 Å². The first-order valence-electron chi connectivity index (χ1n) is 14.2. The maximum Gasteiger partial charge on any atom is 0.286 e. The van der Waals surface area contributed by atoms with Gasteiger partial charge >= 0.3 is 0 Å². The number of aryl methyl sites for hydroxylation is 2. The van der Waals surface area contributed by atoms with E-state index in [9.17, 15) is 4.79 Å². The lowest BCUT2D eigenvalue weighted by Crippen LogP contribution is -2.33. The lowest BCUT2D eigenvalue weighted by Gasteiger charge is -2.30. The van der Waals surface area contributed by atoms with Gasteiger partial charge in [-0.3, -0.25) is 14.7 Å². The highest BCUT2D eigenvalue weighted by Crippen LogP contribution is 2.48. The average Bonchev–Trinajstić information content (AvgIpc) is 3.44. The molecule has 0 fully saturated rings. The molecule has 1 amide bonds. The highest BCUT2D eigenvalue weighted by molar-refractivity contribution is 8.18. The zero-order valence-electron chi connectivity index (χ0n) is 23.6. The third-order valence-corrected chi connectivity index (χ3v) is 9.07. The van der Waals surface area contributed by atoms with Crippen LogP contribution in [0.5, 0.6) is 0 Å². The molecule has 3 aromatic rings. The molecule has 3 heterocycles. The predicted octanol–water partition coefficient (Wildman–Crippen LogP) is 7.49. The predicted molar refractivity (Wildman–Crippen MR) is 165 cm³/mol. The summed E-state index contributed by atoms with van der Waals surface area (Å²) in [4.78, 5) is 33.1. The summed E-state index contributed by atoms with van der Waals surface area (Å²) in [5.41, 5.74) is 6.06. The topological polar surface area (TPSA) is 61.7 Å². The lowest BCUT2D eigenvalue weighted by atomic mass is 9.87. The van der Waals surface area contributed by atoms with Gasteiger partial charge in [-0.25, -0.2) is 4.98 Å². The largest absolute Gasteiger partial charge is 0.325 e. The molecule has 6 nitrogen and oxygen atoms in total. The maximum atomic E-state index is 13.2. The van der Waals surface area contributed by atoms with Gasteiger partial charge in [0, 0.05) is 23.1 Å². The number of hydrogen-bond donors (Lipinski definition) is 0. The normalized spacial score (nSPS) is 20.4. The van der Waals surface area contributed by atoms with Crippen LogP contribution in [-0.2, 0) is 23.1 Å². The van der Waals surface area contributed by atoms with Crippen LogP contribution in [0.2, 0.25) is 0 Å². The van der Waals surface area contributed by atoms with Crippen molar-refractivity contribution < 1.29 is 4.79 Å². The third-order valence-electron chi connectivity index (χ3n) is 8.08. The van der Waals surface area contributed by atoms with Gasteiger partial charge in [0.2, 0.25) is 0 Å². The summed E-state index contributed by atoms with van der Waals surface area (Å²) in [6, 6.07) is 20.4. The van der Waals surface area contributed by atoms with Crippen molar-refractivity contribution in [2.24, 2.45) is 4.99 Å². The first-order chi connectivity index (χ1) is 19.4. The molecule has 0 bridgehead atoms. The molecule has 40 heavy (non-hydrogen) atoms. The molecule has 204 valence electrons. The number of aliphatic imine (C=N–C) groups is 1. The molecule has 7 heteroatoms. The molecule has 0 N–H and O–H groups in total. The Balaban J connectivity index is 1.36. The smallest absolute Gasteiger partial charge is 0.286 e. The molecule has 1 atom stereocenters. The van der Waals surface area contributed by atoms with Crippen LogP contribution in [0.1, 0.15) is 64.0 Å². The molecule has 0 spiro atoms. The highest BCUT2D eigenvalue weighted by atomic mass is 32.2. The number of allylic oxidation sites excluding steroid dienone is 3. The number of amidine groups is 1. The minimum atomic E-state index is -0.328. The number of carbonyl (C=O) groups excluding carboxylic acids is 1. The lowest BCUT2D eigenvalue weighted by molar-refractivity contribution is -0.113. The van der Waals surface area contributed by atoms with Crippen molar-refractivity contribution in [3.8, 4) is 0 Å². The fraction of sp³-hybridized carbons (Fsp3) is 0.333. The SMILES string of the molecule is CCC(C)N1/C(=C/C=C2\SC(N(c3ccccc3)c3ccccc3)=NC2=O)C(C)(C)c2nc3c(nc21)CCCC3. The van der Waals surface area contributed by atoms with Crippen LogP contribution in [0.3, 0.4) is 0 Å². The van der Waals surface area contributed by atoms with Gasteiger partial charge in [-0.2, -0.15) is 4.99 Å². The number of benzene rings is 2. The van der Waals surface area contributed by atoms with E-state index in [2.05, 4.69) is 43.7 Å². The second-order valence-electron chi connectivity index (χ2n) is 11.1. The van der Waals surface area contributed by atoms with Gasteiger partial charge in [0.25, 0.3) is 5.91 Å². The van der Waals surface area contributed by atoms with E-state index in [1.165, 1.54) is 24.6 Å². The molecule has 0 saturated carbocycles. The molecule has 6 rings (SSSR count). The van der Waals surface area contributed by atoms with Crippen molar-refractivity contribution in [1.82, 2.24) is 9.97 Å². The van der Waals surface area contributed by atoms with Crippen molar-refractivity contribution in [2.75, 3.05) is 9.80 Å². The zero-order chi connectivity index (χ0) is 27.9. The second-order valence-corrected chi connectivity index (χ2v) is 12.1. The Morgan fingerprint density at radius 1 is 0.950 bits per heavy atom. The van der Waals surface area contributed by atoms with Crippen molar-refractivity contribution in [3.05, 3.63) is 100 Å². The molecule has 0 radical (unpaired) electrons. The molecule has 0 saturated heterocycles. The van der Waals surface area contributed by atoms with Crippen LogP contribution in [0.25, 0.3) is 0 Å². The first kappa shape index (κ1) is 26.5. The number of nitrogens with zero attached hydrogens (tertiary/aromatic N) is 5. The summed E-state index contributed by atoms with van der Waals surface area (Å²) in [6.45, 7) is 8.89. The Kier molecular flexibility index (Phi) is 7.09. The second kappa shape index (κ2) is 10.7. The van der Waals surface area contributed by atoms with Gasteiger partial charge < -0.3 is 4.90 Å². The summed E-state index contributed by atoms with van der Waals surface area (Å²) < 4.78 is 0. The van der Waals surface area contributed by atoms with Crippen LogP contribution < -0.4 is 9.80 Å². The number of carbonyl (C=O) groups is 1. The summed E-state index contributed by atoms with van der Waals surface area (Å²) in [5, 5.41) is 0.649. The van der Waals surface area contributed by atoms with Crippen LogP contribution >= 0.6 is 11.8 Å². The summed E-state index contributed by atoms with van der Waals surface area (Å²) in [7, 11) is 0. The van der Waals surface area contributed by atoms with E-state index < -0.39 is 0 Å². The number of hydrogen-bond acceptors (Lipinski definition) is 6. The van der Waals surface area contributed by atoms with E-state index in [0.29, 0.717) is 10.1 Å². The van der Waals surface area contributed by atoms with Gasteiger partial charge in [-0.05, 0) is 101 Å². The summed E-state index contributed by atoms with van der Waals surface area (Å²) in [6.07, 6.45) is 9.37. The Morgan fingerprint density at radius 3 is 2.15 bits per heavy atom. The van der Waals surface area contributed by atoms with Crippen molar-refractivity contribution in [2.45, 2.75) is 71.3 Å². The van der Waals surface area contributed by atoms with Crippen LogP contribution in [-0.4, -0.2) is 27.1 Å². The summed E-state index contributed by atoms with van der Waals surface area (Å²) >= 11 is 1.41. The van der Waals surface area contributed by atoms with E-state index in [1.807, 2.05) is 71.6 Å². The Labute approximate surface area is 240 Å². The van der Waals surface area contributed by atoms with Crippen molar-refractivity contribution in [1.29, 1.82) is 0 Å². The van der Waals surface area contributed by atoms with E-state index in [1.54, 1.807) is 0 Å². The van der Waals surface area contributed by atoms with Crippen LogP contribution in [0.4, 0.5) is 17.2 Å². The third kappa shape index (κ3) is 4.66. The molecule has 2 aliphatic heterocycles. The van der Waals surface area contributed by atoms with E-state index in [-0.39, 0.29) is 17.4 Å². The number of para-hydroxylation sites is 2. The minimum absolute atomic E-state index is 0.219. The molecule has 2 aromatic carbocycles. The Hall–Kier alpha value is -3.71. The number of aromatic nitrogens is 2. The number of anilines is 3. The van der Waals surface area contributed by atoms with Gasteiger partial charge in [-0.15, -0.1) is 0 Å². The van der Waals surface area contributed by atoms with Crippen LogP contribution in [0.15, 0.2) is 88.4 Å². The molecular formula is C33H35N5OS. The average molecular weight is 550 g/mol. The highest BCUT2D eigenvalue weighted by Gasteiger charge is 2.45.